The summed E-state index contributed by atoms with van der Waals surface area (Å²) in [5.41, 5.74) is 3.19. The van der Waals surface area contributed by atoms with Gasteiger partial charge in [-0.25, -0.2) is 4.79 Å². The second-order valence-electron chi connectivity index (χ2n) is 9.50. The van der Waals surface area contributed by atoms with Crippen molar-refractivity contribution in [3.8, 4) is 0 Å². The first-order valence-corrected chi connectivity index (χ1v) is 13.5. The van der Waals surface area contributed by atoms with Crippen molar-refractivity contribution < 1.29 is 14.3 Å². The molecule has 2 unspecified atom stereocenters. The van der Waals surface area contributed by atoms with Crippen molar-refractivity contribution in [2.24, 2.45) is 0 Å². The van der Waals surface area contributed by atoms with Gasteiger partial charge in [-0.1, -0.05) is 47.5 Å². The largest absolute Gasteiger partial charge is 0.380 e. The van der Waals surface area contributed by atoms with Crippen LogP contribution in [-0.2, 0) is 22.5 Å². The quantitative estimate of drug-likeness (QED) is 0.476. The highest BCUT2D eigenvalue weighted by Crippen LogP contribution is 2.26. The topological polar surface area (TPSA) is 77.2 Å². The van der Waals surface area contributed by atoms with Crippen molar-refractivity contribution in [1.29, 1.82) is 0 Å². The van der Waals surface area contributed by atoms with Crippen molar-refractivity contribution in [2.45, 2.75) is 32.0 Å². The van der Waals surface area contributed by atoms with Crippen LogP contribution in [0.4, 0.5) is 10.5 Å². The second-order valence-corrected chi connectivity index (χ2v) is 10.3. The molecule has 2 aliphatic heterocycles. The number of anilines is 1. The molecule has 2 N–H and O–H groups in total. The van der Waals surface area contributed by atoms with E-state index in [1.807, 2.05) is 30.0 Å². The maximum absolute atomic E-state index is 13.8. The summed E-state index contributed by atoms with van der Waals surface area (Å²) in [6.45, 7) is 7.18. The van der Waals surface area contributed by atoms with E-state index in [0.717, 1.165) is 31.7 Å². The molecule has 200 valence electrons. The Morgan fingerprint density at radius 2 is 1.84 bits per heavy atom. The van der Waals surface area contributed by atoms with Crippen LogP contribution >= 0.6 is 23.2 Å². The molecule has 0 spiro atoms. The Kier molecular flexibility index (Phi) is 9.54. The number of methoxy groups -OCH3 is 1. The average molecular weight is 549 g/mol. The third-order valence-corrected chi connectivity index (χ3v) is 7.64. The van der Waals surface area contributed by atoms with E-state index in [9.17, 15) is 9.59 Å². The minimum Gasteiger partial charge on any atom is -0.380 e. The minimum atomic E-state index is -0.619. The molecule has 37 heavy (non-hydrogen) atoms. The Bertz CT molecular complexity index is 1090. The molecule has 3 amide bonds. The first kappa shape index (κ1) is 27.5. The van der Waals surface area contributed by atoms with Gasteiger partial charge in [0.1, 0.15) is 6.04 Å². The van der Waals surface area contributed by atoms with Crippen LogP contribution < -0.4 is 15.5 Å². The van der Waals surface area contributed by atoms with Crippen LogP contribution in [0, 0.1) is 0 Å². The Labute approximate surface area is 228 Å². The fraction of sp³-hybridized carbons (Fsp3) is 0.481. The van der Waals surface area contributed by atoms with E-state index in [1.54, 1.807) is 24.1 Å². The number of halogens is 2. The fourth-order valence-corrected chi connectivity index (χ4v) is 5.34. The van der Waals surface area contributed by atoms with Crippen LogP contribution in [-0.4, -0.2) is 86.8 Å². The number of urea groups is 1. The lowest BCUT2D eigenvalue weighted by atomic mass is 10.0. The molecule has 0 aromatic heterocycles. The number of hydrogen-bond acceptors (Lipinski definition) is 5. The van der Waals surface area contributed by atoms with E-state index in [0.29, 0.717) is 42.6 Å². The molecule has 8 nitrogen and oxygen atoms in total. The molecule has 2 aliphatic rings. The van der Waals surface area contributed by atoms with Gasteiger partial charge in [-0.05, 0) is 36.2 Å². The van der Waals surface area contributed by atoms with E-state index in [4.69, 9.17) is 27.9 Å². The monoisotopic (exact) mass is 547 g/mol. The number of carbonyl (C=O) groups excluding carboxylic acids is 2. The predicted molar refractivity (Wildman–Crippen MR) is 147 cm³/mol. The van der Waals surface area contributed by atoms with Crippen molar-refractivity contribution in [3.63, 3.8) is 0 Å². The summed E-state index contributed by atoms with van der Waals surface area (Å²) >= 11 is 12.5. The van der Waals surface area contributed by atoms with Crippen LogP contribution in [0.3, 0.4) is 0 Å². The van der Waals surface area contributed by atoms with Gasteiger partial charge in [-0.15, -0.1) is 0 Å². The van der Waals surface area contributed by atoms with Crippen molar-refractivity contribution in [2.75, 3.05) is 57.8 Å². The van der Waals surface area contributed by atoms with Crippen molar-refractivity contribution in [1.82, 2.24) is 20.4 Å². The highest BCUT2D eigenvalue weighted by Gasteiger charge is 2.37. The third-order valence-electron chi connectivity index (χ3n) is 7.05. The lowest BCUT2D eigenvalue weighted by Crippen LogP contribution is -2.56. The number of nitrogens with zero attached hydrogens (tertiary/aromatic N) is 3. The number of ether oxygens (including phenoxy) is 1. The maximum Gasteiger partial charge on any atom is 0.318 e. The lowest BCUT2D eigenvalue weighted by molar-refractivity contribution is -0.136. The number of rotatable bonds is 10. The number of amides is 3. The Balaban J connectivity index is 1.43. The summed E-state index contributed by atoms with van der Waals surface area (Å²) in [7, 11) is 1.71. The molecule has 4 rings (SSSR count). The van der Waals surface area contributed by atoms with Gasteiger partial charge in [-0.2, -0.15) is 0 Å². The van der Waals surface area contributed by atoms with Crippen molar-refractivity contribution >= 4 is 40.8 Å². The van der Waals surface area contributed by atoms with Crippen LogP contribution in [0.15, 0.2) is 42.5 Å². The zero-order chi connectivity index (χ0) is 26.4. The normalized spacial score (nSPS) is 17.6. The van der Waals surface area contributed by atoms with Gasteiger partial charge in [-0.3, -0.25) is 4.79 Å². The maximum atomic E-state index is 13.8. The average Bonchev–Trinajstić information content (AvgIpc) is 3.33. The first-order chi connectivity index (χ1) is 17.9. The second kappa shape index (κ2) is 12.8. The molecule has 2 atom stereocenters. The summed E-state index contributed by atoms with van der Waals surface area (Å²) < 4.78 is 5.33. The van der Waals surface area contributed by atoms with E-state index >= 15 is 0 Å². The summed E-state index contributed by atoms with van der Waals surface area (Å²) in [6, 6.07) is 12.8. The number of hydrogen-bond donors (Lipinski definition) is 2. The minimum absolute atomic E-state index is 0.0498. The standard InChI is InChI=1S/C27H35Cl2N5O3/c1-19(37-2)17-30-18-21-5-3-4-6-24(21)32-11-13-33(14-12-32)26(35)25(34-10-9-31-27(34)36)15-20-7-8-22(28)16-23(20)29/h3-8,16,19,25,30H,9-15,17-18H2,1-2H3,(H,31,36). The third kappa shape index (κ3) is 6.87. The van der Waals surface area contributed by atoms with Crippen molar-refractivity contribution in [3.05, 3.63) is 63.6 Å². The van der Waals surface area contributed by atoms with Gasteiger partial charge in [0.15, 0.2) is 0 Å². The van der Waals surface area contributed by atoms with E-state index < -0.39 is 6.04 Å². The molecule has 10 heteroatoms. The SMILES string of the molecule is COC(C)CNCc1ccccc1N1CCN(C(=O)C(Cc2ccc(Cl)cc2Cl)N2CCNC2=O)CC1. The fourth-order valence-electron chi connectivity index (χ4n) is 4.85. The molecule has 2 aromatic rings. The predicted octanol–water partition coefficient (Wildman–Crippen LogP) is 3.40. The van der Waals surface area contributed by atoms with Gasteiger partial charge in [0.2, 0.25) is 5.91 Å². The van der Waals surface area contributed by atoms with Gasteiger partial charge in [0.25, 0.3) is 0 Å². The summed E-state index contributed by atoms with van der Waals surface area (Å²) in [6.07, 6.45) is 0.492. The molecule has 0 bridgehead atoms. The van der Waals surface area contributed by atoms with E-state index in [-0.39, 0.29) is 18.0 Å². The van der Waals surface area contributed by atoms with Crippen LogP contribution in [0.25, 0.3) is 0 Å². The zero-order valence-corrected chi connectivity index (χ0v) is 22.9. The number of benzene rings is 2. The van der Waals surface area contributed by atoms with E-state index in [1.165, 1.54) is 11.3 Å². The highest BCUT2D eigenvalue weighted by atomic mass is 35.5. The molecule has 0 aliphatic carbocycles. The summed E-state index contributed by atoms with van der Waals surface area (Å²) in [5, 5.41) is 7.32. The Hall–Kier alpha value is -2.52. The van der Waals surface area contributed by atoms with Crippen LogP contribution in [0.2, 0.25) is 10.0 Å². The highest BCUT2D eigenvalue weighted by molar-refractivity contribution is 6.35. The molecule has 0 saturated carbocycles. The Morgan fingerprint density at radius 1 is 1.08 bits per heavy atom. The van der Waals surface area contributed by atoms with Gasteiger partial charge in [0, 0.05) is 81.6 Å². The number of nitrogens with one attached hydrogen (secondary N) is 2. The Morgan fingerprint density at radius 3 is 2.51 bits per heavy atom. The van der Waals surface area contributed by atoms with Gasteiger partial charge >= 0.3 is 6.03 Å². The molecular formula is C27H35Cl2N5O3. The molecule has 2 fully saturated rings. The van der Waals surface area contributed by atoms with Crippen LogP contribution in [0.1, 0.15) is 18.1 Å². The number of para-hydroxylation sites is 1. The molecule has 2 aromatic carbocycles. The lowest BCUT2D eigenvalue weighted by Gasteiger charge is -2.39. The molecular weight excluding hydrogens is 513 g/mol. The smallest absolute Gasteiger partial charge is 0.318 e. The molecule has 2 saturated heterocycles. The summed E-state index contributed by atoms with van der Waals surface area (Å²) in [4.78, 5) is 32.1. The van der Waals surface area contributed by atoms with Gasteiger partial charge < -0.3 is 30.1 Å². The zero-order valence-electron chi connectivity index (χ0n) is 21.4. The summed E-state index contributed by atoms with van der Waals surface area (Å²) in [5.74, 6) is -0.0498. The van der Waals surface area contributed by atoms with Gasteiger partial charge in [0.05, 0.1) is 6.10 Å². The number of carbonyl (C=O) groups is 2. The molecule has 0 radical (unpaired) electrons. The molecule has 2 heterocycles. The number of piperazine rings is 1. The first-order valence-electron chi connectivity index (χ1n) is 12.7. The van der Waals surface area contributed by atoms with Crippen LogP contribution in [0.5, 0.6) is 0 Å². The van der Waals surface area contributed by atoms with E-state index in [2.05, 4.69) is 27.7 Å².